The highest BCUT2D eigenvalue weighted by Gasteiger charge is 2.42. The fraction of sp³-hybridized carbons (Fsp3) is 0.115. The number of nitrogens with zero attached hydrogens (tertiary/aromatic N) is 3. The summed E-state index contributed by atoms with van der Waals surface area (Å²) in [6.45, 7) is 0.582. The predicted molar refractivity (Wildman–Crippen MR) is 123 cm³/mol. The molecule has 0 bridgehead atoms. The number of hydrogen-bond donors (Lipinski definition) is 2. The summed E-state index contributed by atoms with van der Waals surface area (Å²) in [7, 11) is 0. The topological polar surface area (TPSA) is 77.7 Å². The van der Waals surface area contributed by atoms with Crippen LogP contribution in [0.25, 0.3) is 22.2 Å². The molecule has 0 radical (unpaired) electrons. The number of aromatic nitrogens is 4. The highest BCUT2D eigenvalue weighted by molar-refractivity contribution is 6.00. The molecule has 3 aromatic heterocycles. The number of H-pyrrole nitrogens is 2. The molecule has 4 heterocycles. The van der Waals surface area contributed by atoms with E-state index in [0.717, 1.165) is 34.5 Å². The van der Waals surface area contributed by atoms with Gasteiger partial charge in [0.05, 0.1) is 11.4 Å². The van der Waals surface area contributed by atoms with Crippen molar-refractivity contribution in [2.75, 3.05) is 6.54 Å². The molecule has 0 spiro atoms. The van der Waals surface area contributed by atoms with Gasteiger partial charge < -0.3 is 9.88 Å². The number of para-hydroxylation sites is 1. The van der Waals surface area contributed by atoms with Gasteiger partial charge in [0, 0.05) is 41.0 Å². The smallest absolute Gasteiger partial charge is 0.273 e. The van der Waals surface area contributed by atoms with Crippen LogP contribution in [-0.4, -0.2) is 37.5 Å². The molecule has 1 atom stereocenters. The molecule has 6 rings (SSSR count). The van der Waals surface area contributed by atoms with Crippen LogP contribution in [0.4, 0.5) is 0 Å². The van der Waals surface area contributed by atoms with Crippen LogP contribution in [0.15, 0.2) is 85.2 Å². The van der Waals surface area contributed by atoms with Crippen LogP contribution in [0.1, 0.15) is 33.4 Å². The molecule has 1 aliphatic heterocycles. The predicted octanol–water partition coefficient (Wildman–Crippen LogP) is 4.74. The summed E-state index contributed by atoms with van der Waals surface area (Å²) in [6.07, 6.45) is 4.56. The Morgan fingerprint density at radius 3 is 2.59 bits per heavy atom. The van der Waals surface area contributed by atoms with Crippen LogP contribution in [0, 0.1) is 0 Å². The SMILES string of the molecule is O=C1c2[nH]nc(-c3ccccc3)c2[C@@H](c2ccccn2)N1CCc1c[nH]c2ccccc12. The second-order valence-corrected chi connectivity index (χ2v) is 7.99. The van der Waals surface area contributed by atoms with Gasteiger partial charge in [-0.2, -0.15) is 5.10 Å². The van der Waals surface area contributed by atoms with Crippen molar-refractivity contribution in [2.45, 2.75) is 12.5 Å². The second kappa shape index (κ2) is 7.50. The normalized spacial score (nSPS) is 15.4. The minimum atomic E-state index is -0.280. The van der Waals surface area contributed by atoms with E-state index >= 15 is 0 Å². The van der Waals surface area contributed by atoms with Gasteiger partial charge in [-0.15, -0.1) is 0 Å². The van der Waals surface area contributed by atoms with Crippen molar-refractivity contribution >= 4 is 16.8 Å². The number of hydrogen-bond acceptors (Lipinski definition) is 3. The third-order valence-corrected chi connectivity index (χ3v) is 6.18. The van der Waals surface area contributed by atoms with E-state index < -0.39 is 0 Å². The zero-order valence-electron chi connectivity index (χ0n) is 17.3. The molecular formula is C26H21N5O. The molecule has 6 heteroatoms. The summed E-state index contributed by atoms with van der Waals surface area (Å²) in [5, 5.41) is 8.72. The Morgan fingerprint density at radius 2 is 1.75 bits per heavy atom. The molecule has 2 aromatic carbocycles. The summed E-state index contributed by atoms with van der Waals surface area (Å²) in [5.74, 6) is -0.0369. The van der Waals surface area contributed by atoms with E-state index in [1.807, 2.05) is 71.8 Å². The van der Waals surface area contributed by atoms with E-state index in [4.69, 9.17) is 0 Å². The lowest BCUT2D eigenvalue weighted by molar-refractivity contribution is 0.0743. The van der Waals surface area contributed by atoms with E-state index in [-0.39, 0.29) is 11.9 Å². The van der Waals surface area contributed by atoms with E-state index in [2.05, 4.69) is 32.3 Å². The molecule has 1 amide bonds. The van der Waals surface area contributed by atoms with Gasteiger partial charge >= 0.3 is 0 Å². The quantitative estimate of drug-likeness (QED) is 0.432. The summed E-state index contributed by atoms with van der Waals surface area (Å²) >= 11 is 0. The average molecular weight is 419 g/mol. The van der Waals surface area contributed by atoms with E-state index in [0.29, 0.717) is 12.2 Å². The average Bonchev–Trinajstić information content (AvgIpc) is 3.53. The molecule has 32 heavy (non-hydrogen) atoms. The summed E-state index contributed by atoms with van der Waals surface area (Å²) in [4.78, 5) is 23.3. The van der Waals surface area contributed by atoms with E-state index in [1.54, 1.807) is 6.20 Å². The highest BCUT2D eigenvalue weighted by Crippen LogP contribution is 2.42. The van der Waals surface area contributed by atoms with E-state index in [9.17, 15) is 4.79 Å². The second-order valence-electron chi connectivity index (χ2n) is 7.99. The van der Waals surface area contributed by atoms with E-state index in [1.165, 1.54) is 10.9 Å². The first kappa shape index (κ1) is 18.6. The minimum absolute atomic E-state index is 0.0369. The molecule has 0 saturated carbocycles. The van der Waals surface area contributed by atoms with Crippen molar-refractivity contribution in [3.8, 4) is 11.3 Å². The Kier molecular flexibility index (Phi) is 4.35. The third-order valence-electron chi connectivity index (χ3n) is 6.18. The van der Waals surface area contributed by atoms with Gasteiger partial charge in [0.25, 0.3) is 5.91 Å². The Balaban J connectivity index is 1.40. The van der Waals surface area contributed by atoms with Crippen LogP contribution >= 0.6 is 0 Å². The number of amides is 1. The van der Waals surface area contributed by atoms with Crippen molar-refractivity contribution in [3.05, 3.63) is 108 Å². The lowest BCUT2D eigenvalue weighted by Crippen LogP contribution is -2.32. The standard InChI is InChI=1S/C26H21N5O/c32-26-24-22(23(29-30-24)17-8-2-1-3-9-17)25(21-12-6-7-14-27-21)31(26)15-13-18-16-28-20-11-5-4-10-19(18)20/h1-12,14,16,25,28H,13,15H2,(H,29,30)/t25-/m1/s1. The fourth-order valence-electron chi connectivity index (χ4n) is 4.67. The van der Waals surface area contributed by atoms with Gasteiger partial charge in [0.15, 0.2) is 0 Å². The molecule has 6 nitrogen and oxygen atoms in total. The summed E-state index contributed by atoms with van der Waals surface area (Å²) in [5.41, 5.74) is 6.40. The number of fused-ring (bicyclic) bond motifs is 2. The number of benzene rings is 2. The highest BCUT2D eigenvalue weighted by atomic mass is 16.2. The van der Waals surface area contributed by atoms with Crippen LogP contribution in [-0.2, 0) is 6.42 Å². The molecule has 0 fully saturated rings. The first-order chi connectivity index (χ1) is 15.8. The molecule has 156 valence electrons. The number of nitrogens with one attached hydrogen (secondary N) is 2. The van der Waals surface area contributed by atoms with Crippen molar-refractivity contribution in [1.29, 1.82) is 0 Å². The maximum atomic E-state index is 13.5. The molecule has 0 unspecified atom stereocenters. The first-order valence-electron chi connectivity index (χ1n) is 10.7. The number of carbonyl (C=O) groups excluding carboxylic acids is 1. The lowest BCUT2D eigenvalue weighted by Gasteiger charge is -2.25. The Bertz CT molecular complexity index is 1400. The molecule has 1 aliphatic rings. The number of carbonyl (C=O) groups is 1. The van der Waals surface area contributed by atoms with Gasteiger partial charge in [-0.1, -0.05) is 54.6 Å². The molecular weight excluding hydrogens is 398 g/mol. The largest absolute Gasteiger partial charge is 0.361 e. The zero-order chi connectivity index (χ0) is 21.5. The van der Waals surface area contributed by atoms with Crippen LogP contribution < -0.4 is 0 Å². The Labute approximate surface area is 184 Å². The van der Waals surface area contributed by atoms with Gasteiger partial charge in [0.2, 0.25) is 0 Å². The fourth-order valence-corrected chi connectivity index (χ4v) is 4.67. The summed E-state index contributed by atoms with van der Waals surface area (Å²) in [6, 6.07) is 23.8. The third kappa shape index (κ3) is 2.92. The zero-order valence-corrected chi connectivity index (χ0v) is 17.3. The van der Waals surface area contributed by atoms with Gasteiger partial charge in [-0.25, -0.2) is 0 Å². The van der Waals surface area contributed by atoms with Crippen molar-refractivity contribution in [3.63, 3.8) is 0 Å². The minimum Gasteiger partial charge on any atom is -0.361 e. The monoisotopic (exact) mass is 419 g/mol. The van der Waals surface area contributed by atoms with Crippen molar-refractivity contribution in [2.24, 2.45) is 0 Å². The number of pyridine rings is 1. The first-order valence-corrected chi connectivity index (χ1v) is 10.7. The Morgan fingerprint density at radius 1 is 0.938 bits per heavy atom. The van der Waals surface area contributed by atoms with Gasteiger partial charge in [-0.3, -0.25) is 14.9 Å². The molecule has 5 aromatic rings. The lowest BCUT2D eigenvalue weighted by atomic mass is 9.99. The van der Waals surface area contributed by atoms with Crippen LogP contribution in [0.3, 0.4) is 0 Å². The molecule has 0 aliphatic carbocycles. The maximum absolute atomic E-state index is 13.5. The van der Waals surface area contributed by atoms with Crippen molar-refractivity contribution in [1.82, 2.24) is 25.1 Å². The number of rotatable bonds is 5. The summed E-state index contributed by atoms with van der Waals surface area (Å²) < 4.78 is 0. The molecule has 0 saturated heterocycles. The number of aromatic amines is 2. The van der Waals surface area contributed by atoms with Gasteiger partial charge in [-0.05, 0) is 30.2 Å². The van der Waals surface area contributed by atoms with Gasteiger partial charge in [0.1, 0.15) is 11.7 Å². The van der Waals surface area contributed by atoms with Crippen LogP contribution in [0.5, 0.6) is 0 Å². The molecule has 2 N–H and O–H groups in total. The maximum Gasteiger partial charge on any atom is 0.273 e. The van der Waals surface area contributed by atoms with Crippen LogP contribution in [0.2, 0.25) is 0 Å². The Hall–Kier alpha value is -4.19. The van der Waals surface area contributed by atoms with Crippen molar-refractivity contribution < 1.29 is 4.79 Å².